The van der Waals surface area contributed by atoms with Crippen LogP contribution in [0, 0.1) is 0 Å². The molecule has 0 spiro atoms. The quantitative estimate of drug-likeness (QED) is 0.765. The molecule has 94 valence electrons. The zero-order chi connectivity index (χ0) is 13.0. The van der Waals surface area contributed by atoms with Crippen LogP contribution in [0.15, 0.2) is 12.1 Å². The van der Waals surface area contributed by atoms with Gasteiger partial charge in [-0.15, -0.1) is 0 Å². The van der Waals surface area contributed by atoms with Crippen molar-refractivity contribution in [2.75, 3.05) is 30.8 Å². The van der Waals surface area contributed by atoms with Crippen LogP contribution >= 0.6 is 0 Å². The molecule has 0 aromatic heterocycles. The number of carboxylic acid groups (broad SMARTS) is 1. The Balaban J connectivity index is 3.37. The van der Waals surface area contributed by atoms with Gasteiger partial charge >= 0.3 is 5.97 Å². The molecule has 0 atom stereocenters. The van der Waals surface area contributed by atoms with Gasteiger partial charge in [0.15, 0.2) is 0 Å². The first kappa shape index (κ1) is 13.2. The minimum Gasteiger partial charge on any atom is -0.495 e. The van der Waals surface area contributed by atoms with Crippen LogP contribution in [0.4, 0.5) is 11.4 Å². The number of nitrogens with zero attached hydrogens (tertiary/aromatic N) is 1. The van der Waals surface area contributed by atoms with Gasteiger partial charge in [0.2, 0.25) is 0 Å². The van der Waals surface area contributed by atoms with Gasteiger partial charge in [-0.3, -0.25) is 0 Å². The van der Waals surface area contributed by atoms with Crippen LogP contribution in [0.3, 0.4) is 0 Å². The molecule has 0 aliphatic heterocycles. The molecular weight excluding hydrogens is 220 g/mol. The summed E-state index contributed by atoms with van der Waals surface area (Å²) in [4.78, 5) is 13.1. The van der Waals surface area contributed by atoms with Crippen molar-refractivity contribution in [3.8, 4) is 5.75 Å². The standard InChI is InChI=1S/C12H18N2O3/c1-4-14(5-2)10-7-11(17-3)9(13)6-8(10)12(15)16/h6-7H,4-5,13H2,1-3H3,(H,15,16). The second kappa shape index (κ2) is 5.43. The molecule has 0 heterocycles. The molecular formula is C12H18N2O3. The van der Waals surface area contributed by atoms with E-state index in [4.69, 9.17) is 10.5 Å². The predicted molar refractivity (Wildman–Crippen MR) is 67.9 cm³/mol. The number of anilines is 2. The number of aromatic carboxylic acids is 1. The summed E-state index contributed by atoms with van der Waals surface area (Å²) >= 11 is 0. The second-order valence-electron chi connectivity index (χ2n) is 3.59. The highest BCUT2D eigenvalue weighted by Crippen LogP contribution is 2.31. The van der Waals surface area contributed by atoms with E-state index in [1.54, 1.807) is 6.07 Å². The van der Waals surface area contributed by atoms with Gasteiger partial charge in [-0.2, -0.15) is 0 Å². The van der Waals surface area contributed by atoms with Gasteiger partial charge in [0, 0.05) is 19.2 Å². The summed E-state index contributed by atoms with van der Waals surface area (Å²) in [5.41, 5.74) is 6.88. The van der Waals surface area contributed by atoms with Crippen molar-refractivity contribution >= 4 is 17.3 Å². The summed E-state index contributed by atoms with van der Waals surface area (Å²) in [6, 6.07) is 3.11. The van der Waals surface area contributed by atoms with Crippen LogP contribution in [-0.4, -0.2) is 31.3 Å². The fraction of sp³-hybridized carbons (Fsp3) is 0.417. The highest BCUT2D eigenvalue weighted by atomic mass is 16.5. The Morgan fingerprint density at radius 1 is 1.41 bits per heavy atom. The van der Waals surface area contributed by atoms with Crippen LogP contribution in [0.25, 0.3) is 0 Å². The third kappa shape index (κ3) is 2.61. The van der Waals surface area contributed by atoms with Crippen LogP contribution in [0.2, 0.25) is 0 Å². The van der Waals surface area contributed by atoms with E-state index in [9.17, 15) is 9.90 Å². The molecule has 0 saturated heterocycles. The van der Waals surface area contributed by atoms with Gasteiger partial charge < -0.3 is 20.5 Å². The average molecular weight is 238 g/mol. The van der Waals surface area contributed by atoms with E-state index in [0.29, 0.717) is 17.1 Å². The van der Waals surface area contributed by atoms with Gasteiger partial charge in [-0.05, 0) is 19.9 Å². The van der Waals surface area contributed by atoms with Gasteiger partial charge in [-0.1, -0.05) is 0 Å². The van der Waals surface area contributed by atoms with Crippen LogP contribution < -0.4 is 15.4 Å². The summed E-state index contributed by atoms with van der Waals surface area (Å²) in [5.74, 6) is -0.488. The molecule has 1 aromatic rings. The summed E-state index contributed by atoms with van der Waals surface area (Å²) in [7, 11) is 1.51. The number of nitrogen functional groups attached to an aromatic ring is 1. The highest BCUT2D eigenvalue weighted by molar-refractivity contribution is 5.96. The zero-order valence-electron chi connectivity index (χ0n) is 10.4. The second-order valence-corrected chi connectivity index (χ2v) is 3.59. The Hall–Kier alpha value is -1.91. The molecule has 0 fully saturated rings. The number of hydrogen-bond acceptors (Lipinski definition) is 4. The van der Waals surface area contributed by atoms with Gasteiger partial charge in [0.1, 0.15) is 5.75 Å². The van der Waals surface area contributed by atoms with E-state index < -0.39 is 5.97 Å². The number of carboxylic acids is 1. The van der Waals surface area contributed by atoms with Crippen molar-refractivity contribution in [1.29, 1.82) is 0 Å². The van der Waals surface area contributed by atoms with Crippen molar-refractivity contribution in [3.05, 3.63) is 17.7 Å². The van der Waals surface area contributed by atoms with Crippen LogP contribution in [0.5, 0.6) is 5.75 Å². The fourth-order valence-electron chi connectivity index (χ4n) is 1.76. The number of methoxy groups -OCH3 is 1. The fourth-order valence-corrected chi connectivity index (χ4v) is 1.76. The third-order valence-electron chi connectivity index (χ3n) is 2.68. The van der Waals surface area contributed by atoms with Crippen LogP contribution in [-0.2, 0) is 0 Å². The largest absolute Gasteiger partial charge is 0.495 e. The summed E-state index contributed by atoms with van der Waals surface area (Å²) in [6.45, 7) is 5.39. The number of rotatable bonds is 5. The third-order valence-corrected chi connectivity index (χ3v) is 2.68. The van der Waals surface area contributed by atoms with E-state index in [-0.39, 0.29) is 5.56 Å². The molecule has 0 bridgehead atoms. The number of carbonyl (C=O) groups is 1. The first-order chi connectivity index (χ1) is 8.04. The normalized spacial score (nSPS) is 10.1. The van der Waals surface area contributed by atoms with Crippen molar-refractivity contribution in [2.45, 2.75) is 13.8 Å². The molecule has 5 heteroatoms. The Morgan fingerprint density at radius 2 is 2.00 bits per heavy atom. The van der Waals surface area contributed by atoms with Crippen molar-refractivity contribution < 1.29 is 14.6 Å². The van der Waals surface area contributed by atoms with Gasteiger partial charge in [-0.25, -0.2) is 4.79 Å². The minimum absolute atomic E-state index is 0.201. The molecule has 0 aliphatic carbocycles. The topological polar surface area (TPSA) is 75.8 Å². The minimum atomic E-state index is -0.985. The first-order valence-corrected chi connectivity index (χ1v) is 5.50. The van der Waals surface area contributed by atoms with Crippen LogP contribution in [0.1, 0.15) is 24.2 Å². The molecule has 0 unspecified atom stereocenters. The predicted octanol–water partition coefficient (Wildman–Crippen LogP) is 1.82. The Bertz CT molecular complexity index is 414. The zero-order valence-corrected chi connectivity index (χ0v) is 10.4. The lowest BCUT2D eigenvalue weighted by Crippen LogP contribution is -2.24. The number of nitrogens with two attached hydrogens (primary N) is 1. The maximum absolute atomic E-state index is 11.2. The first-order valence-electron chi connectivity index (χ1n) is 5.50. The molecule has 0 radical (unpaired) electrons. The highest BCUT2D eigenvalue weighted by Gasteiger charge is 2.17. The van der Waals surface area contributed by atoms with E-state index in [1.165, 1.54) is 13.2 Å². The van der Waals surface area contributed by atoms with Crippen molar-refractivity contribution in [3.63, 3.8) is 0 Å². The summed E-state index contributed by atoms with van der Waals surface area (Å²) in [5, 5.41) is 9.17. The molecule has 1 rings (SSSR count). The van der Waals surface area contributed by atoms with Gasteiger partial charge in [0.05, 0.1) is 24.0 Å². The number of hydrogen-bond donors (Lipinski definition) is 2. The Morgan fingerprint density at radius 3 is 2.41 bits per heavy atom. The molecule has 1 aromatic carbocycles. The van der Waals surface area contributed by atoms with Gasteiger partial charge in [0.25, 0.3) is 0 Å². The van der Waals surface area contributed by atoms with E-state index >= 15 is 0 Å². The molecule has 0 amide bonds. The molecule has 0 saturated carbocycles. The number of benzene rings is 1. The average Bonchev–Trinajstić information content (AvgIpc) is 2.31. The van der Waals surface area contributed by atoms with Crippen molar-refractivity contribution in [2.24, 2.45) is 0 Å². The molecule has 0 aliphatic rings. The monoisotopic (exact) mass is 238 g/mol. The van der Waals surface area contributed by atoms with E-state index in [2.05, 4.69) is 0 Å². The summed E-state index contributed by atoms with van der Waals surface area (Å²) < 4.78 is 5.11. The summed E-state index contributed by atoms with van der Waals surface area (Å²) in [6.07, 6.45) is 0. The smallest absolute Gasteiger partial charge is 0.337 e. The Kier molecular flexibility index (Phi) is 4.20. The van der Waals surface area contributed by atoms with Crippen molar-refractivity contribution in [1.82, 2.24) is 0 Å². The van der Waals surface area contributed by atoms with E-state index in [1.807, 2.05) is 18.7 Å². The lowest BCUT2D eigenvalue weighted by Gasteiger charge is -2.24. The molecule has 17 heavy (non-hydrogen) atoms. The maximum Gasteiger partial charge on any atom is 0.337 e. The molecule has 5 nitrogen and oxygen atoms in total. The molecule has 3 N–H and O–H groups in total. The number of ether oxygens (including phenoxy) is 1. The SMILES string of the molecule is CCN(CC)c1cc(OC)c(N)cc1C(=O)O. The lowest BCUT2D eigenvalue weighted by molar-refractivity contribution is 0.0697. The lowest BCUT2D eigenvalue weighted by atomic mass is 10.1. The maximum atomic E-state index is 11.2. The van der Waals surface area contributed by atoms with E-state index in [0.717, 1.165) is 13.1 Å². The Labute approximate surface area is 101 Å².